The molecule has 2 aromatic heterocycles. The maximum Gasteiger partial charge on any atom is 0.233 e. The molecule has 2 N–H and O–H groups in total. The van der Waals surface area contributed by atoms with E-state index < -0.39 is 0 Å². The number of hydrogen-bond donors (Lipinski definition) is 1. The molecule has 0 aliphatic carbocycles. The lowest BCUT2D eigenvalue weighted by molar-refractivity contribution is 0.103. The summed E-state index contributed by atoms with van der Waals surface area (Å²) in [6, 6.07) is 3.26. The minimum absolute atomic E-state index is 0.130. The summed E-state index contributed by atoms with van der Waals surface area (Å²) in [4.78, 5) is 23.7. The number of nitrogens with zero attached hydrogens (tertiary/aromatic N) is 3. The van der Waals surface area contributed by atoms with Crippen molar-refractivity contribution >= 4 is 11.6 Å². The molecule has 0 aromatic carbocycles. The molecule has 0 saturated heterocycles. The fourth-order valence-corrected chi connectivity index (χ4v) is 1.24. The number of nitrogen functional groups attached to an aromatic ring is 1. The topological polar surface area (TPSA) is 81.8 Å². The van der Waals surface area contributed by atoms with Crippen LogP contribution in [0.25, 0.3) is 0 Å². The fourth-order valence-electron chi connectivity index (χ4n) is 1.24. The van der Waals surface area contributed by atoms with Crippen LogP contribution in [0.15, 0.2) is 30.7 Å². The van der Waals surface area contributed by atoms with Gasteiger partial charge in [0.25, 0.3) is 0 Å². The molecule has 16 heavy (non-hydrogen) atoms. The van der Waals surface area contributed by atoms with Crippen molar-refractivity contribution < 1.29 is 4.79 Å². The lowest BCUT2D eigenvalue weighted by Crippen LogP contribution is -2.10. The van der Waals surface area contributed by atoms with Crippen molar-refractivity contribution in [2.24, 2.45) is 0 Å². The highest BCUT2D eigenvalue weighted by atomic mass is 16.1. The molecule has 0 aliphatic rings. The molecule has 0 fully saturated rings. The van der Waals surface area contributed by atoms with E-state index >= 15 is 0 Å². The van der Waals surface area contributed by atoms with Gasteiger partial charge in [0.05, 0.1) is 5.56 Å². The van der Waals surface area contributed by atoms with Crippen LogP contribution in [0, 0.1) is 6.92 Å². The fraction of sp³-hybridized carbons (Fsp3) is 0.0909. The van der Waals surface area contributed by atoms with Gasteiger partial charge in [0.1, 0.15) is 5.82 Å². The van der Waals surface area contributed by atoms with Crippen LogP contribution in [0.4, 0.5) is 5.82 Å². The van der Waals surface area contributed by atoms with Crippen molar-refractivity contribution in [1.29, 1.82) is 0 Å². The Morgan fingerprint density at radius 1 is 1.25 bits per heavy atom. The number of aryl methyl sites for hydroxylation is 1. The van der Waals surface area contributed by atoms with Gasteiger partial charge in [-0.15, -0.1) is 0 Å². The summed E-state index contributed by atoms with van der Waals surface area (Å²) in [5.74, 6) is 0.00701. The van der Waals surface area contributed by atoms with Crippen LogP contribution in [0.2, 0.25) is 0 Å². The number of hydrogen-bond acceptors (Lipinski definition) is 5. The molecule has 0 spiro atoms. The second kappa shape index (κ2) is 4.06. The van der Waals surface area contributed by atoms with Gasteiger partial charge in [-0.05, 0) is 24.6 Å². The van der Waals surface area contributed by atoms with Gasteiger partial charge in [0.15, 0.2) is 0 Å². The first-order chi connectivity index (χ1) is 7.68. The standard InChI is InChI=1S/C11H10N4O/c1-7-5-14-11(15-6-7)9(16)8-3-2-4-13-10(8)12/h2-6H,1H3,(H2,12,13). The molecule has 0 bridgehead atoms. The Morgan fingerprint density at radius 2 is 1.94 bits per heavy atom. The molecule has 0 radical (unpaired) electrons. The van der Waals surface area contributed by atoms with Gasteiger partial charge in [0, 0.05) is 18.6 Å². The Balaban J connectivity index is 2.40. The molecule has 2 rings (SSSR count). The zero-order chi connectivity index (χ0) is 11.5. The quantitative estimate of drug-likeness (QED) is 0.754. The highest BCUT2D eigenvalue weighted by molar-refractivity contribution is 6.09. The highest BCUT2D eigenvalue weighted by Crippen LogP contribution is 2.11. The van der Waals surface area contributed by atoms with E-state index in [1.807, 2.05) is 6.92 Å². The van der Waals surface area contributed by atoms with Crippen LogP contribution >= 0.6 is 0 Å². The van der Waals surface area contributed by atoms with Crippen molar-refractivity contribution in [3.05, 3.63) is 47.7 Å². The number of carbonyl (C=O) groups is 1. The summed E-state index contributed by atoms with van der Waals surface area (Å²) in [5.41, 5.74) is 6.83. The van der Waals surface area contributed by atoms with Gasteiger partial charge < -0.3 is 5.73 Å². The van der Waals surface area contributed by atoms with Crippen LogP contribution < -0.4 is 5.73 Å². The average molecular weight is 214 g/mol. The number of pyridine rings is 1. The monoisotopic (exact) mass is 214 g/mol. The molecule has 0 unspecified atom stereocenters. The SMILES string of the molecule is Cc1cnc(C(=O)c2cccnc2N)nc1. The van der Waals surface area contributed by atoms with Crippen molar-refractivity contribution in [3.63, 3.8) is 0 Å². The number of anilines is 1. The lowest BCUT2D eigenvalue weighted by atomic mass is 10.1. The van der Waals surface area contributed by atoms with E-state index in [0.717, 1.165) is 5.56 Å². The predicted molar refractivity (Wildman–Crippen MR) is 58.9 cm³/mol. The molecule has 0 aliphatic heterocycles. The third-order valence-electron chi connectivity index (χ3n) is 2.07. The first-order valence-corrected chi connectivity index (χ1v) is 4.72. The van der Waals surface area contributed by atoms with E-state index in [4.69, 9.17) is 5.73 Å². The van der Waals surface area contributed by atoms with Crippen molar-refractivity contribution in [2.75, 3.05) is 5.73 Å². The van der Waals surface area contributed by atoms with Gasteiger partial charge in [-0.3, -0.25) is 4.79 Å². The maximum atomic E-state index is 11.9. The second-order valence-corrected chi connectivity index (χ2v) is 3.35. The summed E-state index contributed by atoms with van der Waals surface area (Å²) >= 11 is 0. The van der Waals surface area contributed by atoms with Crippen molar-refractivity contribution in [1.82, 2.24) is 15.0 Å². The normalized spacial score (nSPS) is 10.1. The Labute approximate surface area is 92.4 Å². The Bertz CT molecular complexity index is 522. The van der Waals surface area contributed by atoms with Crippen LogP contribution in [0.3, 0.4) is 0 Å². The Hall–Kier alpha value is -2.30. The summed E-state index contributed by atoms with van der Waals surface area (Å²) in [6.45, 7) is 1.85. The van der Waals surface area contributed by atoms with Crippen molar-refractivity contribution in [2.45, 2.75) is 6.92 Å². The second-order valence-electron chi connectivity index (χ2n) is 3.35. The van der Waals surface area contributed by atoms with E-state index in [0.29, 0.717) is 5.56 Å². The molecule has 5 heteroatoms. The largest absolute Gasteiger partial charge is 0.383 e. The molecule has 80 valence electrons. The summed E-state index contributed by atoms with van der Waals surface area (Å²) < 4.78 is 0. The average Bonchev–Trinajstić information content (AvgIpc) is 2.30. The van der Waals surface area contributed by atoms with Gasteiger partial charge in [-0.25, -0.2) is 15.0 Å². The maximum absolute atomic E-state index is 11.9. The van der Waals surface area contributed by atoms with Crippen molar-refractivity contribution in [3.8, 4) is 0 Å². The van der Waals surface area contributed by atoms with Crippen LogP contribution in [-0.4, -0.2) is 20.7 Å². The zero-order valence-electron chi connectivity index (χ0n) is 8.71. The minimum Gasteiger partial charge on any atom is -0.383 e. The lowest BCUT2D eigenvalue weighted by Gasteiger charge is -2.02. The van der Waals surface area contributed by atoms with E-state index in [2.05, 4.69) is 15.0 Å². The number of aromatic nitrogens is 3. The van der Waals surface area contributed by atoms with Crippen LogP contribution in [0.1, 0.15) is 21.7 Å². The Kier molecular flexibility index (Phi) is 2.59. The molecule has 0 atom stereocenters. The Morgan fingerprint density at radius 3 is 2.56 bits per heavy atom. The first-order valence-electron chi connectivity index (χ1n) is 4.72. The molecular weight excluding hydrogens is 204 g/mol. The molecule has 0 amide bonds. The van der Waals surface area contributed by atoms with Gasteiger partial charge >= 0.3 is 0 Å². The third-order valence-corrected chi connectivity index (χ3v) is 2.07. The van der Waals surface area contributed by atoms with Gasteiger partial charge in [0.2, 0.25) is 11.6 Å². The predicted octanol–water partition coefficient (Wildman–Crippen LogP) is 0.993. The van der Waals surface area contributed by atoms with E-state index in [-0.39, 0.29) is 17.4 Å². The van der Waals surface area contributed by atoms with Gasteiger partial charge in [-0.1, -0.05) is 0 Å². The number of carbonyl (C=O) groups excluding carboxylic acids is 1. The first kappa shape index (κ1) is 10.2. The number of nitrogens with two attached hydrogens (primary N) is 1. The summed E-state index contributed by atoms with van der Waals surface area (Å²) in [5, 5.41) is 0. The van der Waals surface area contributed by atoms with Gasteiger partial charge in [-0.2, -0.15) is 0 Å². The van der Waals surface area contributed by atoms with E-state index in [1.165, 1.54) is 6.20 Å². The highest BCUT2D eigenvalue weighted by Gasteiger charge is 2.14. The van der Waals surface area contributed by atoms with Crippen LogP contribution in [-0.2, 0) is 0 Å². The molecule has 5 nitrogen and oxygen atoms in total. The van der Waals surface area contributed by atoms with Crippen LogP contribution in [0.5, 0.6) is 0 Å². The smallest absolute Gasteiger partial charge is 0.233 e. The summed E-state index contributed by atoms with van der Waals surface area (Å²) in [7, 11) is 0. The molecule has 2 heterocycles. The number of ketones is 1. The zero-order valence-corrected chi connectivity index (χ0v) is 8.71. The van der Waals surface area contributed by atoms with E-state index in [1.54, 1.807) is 24.5 Å². The molecular formula is C11H10N4O. The third kappa shape index (κ3) is 1.88. The van der Waals surface area contributed by atoms with E-state index in [9.17, 15) is 4.79 Å². The molecule has 0 saturated carbocycles. The summed E-state index contributed by atoms with van der Waals surface area (Å²) in [6.07, 6.45) is 4.71. The molecule has 2 aromatic rings. The minimum atomic E-state index is -0.314. The number of rotatable bonds is 2.